The summed E-state index contributed by atoms with van der Waals surface area (Å²) >= 11 is 0. The van der Waals surface area contributed by atoms with Gasteiger partial charge in [0.2, 0.25) is 5.76 Å². The SMILES string of the molecule is CCOCCCNCc1ccc2oc(C(=O)O)cc2c1. The Kier molecular flexibility index (Phi) is 5.15. The van der Waals surface area contributed by atoms with Crippen molar-refractivity contribution in [1.82, 2.24) is 5.32 Å². The third-order valence-corrected chi connectivity index (χ3v) is 2.97. The van der Waals surface area contributed by atoms with Crippen LogP contribution >= 0.6 is 0 Å². The van der Waals surface area contributed by atoms with E-state index in [0.29, 0.717) is 5.58 Å². The molecule has 1 aromatic carbocycles. The van der Waals surface area contributed by atoms with Crippen LogP contribution in [0.2, 0.25) is 0 Å². The number of hydrogen-bond acceptors (Lipinski definition) is 4. The zero-order chi connectivity index (χ0) is 14.4. The van der Waals surface area contributed by atoms with Gasteiger partial charge in [-0.15, -0.1) is 0 Å². The second-order valence-corrected chi connectivity index (χ2v) is 4.52. The van der Waals surface area contributed by atoms with Gasteiger partial charge < -0.3 is 19.6 Å². The van der Waals surface area contributed by atoms with E-state index < -0.39 is 5.97 Å². The number of ether oxygens (including phenoxy) is 1. The van der Waals surface area contributed by atoms with E-state index in [1.54, 1.807) is 12.1 Å². The number of fused-ring (bicyclic) bond motifs is 1. The first-order valence-electron chi connectivity index (χ1n) is 6.75. The predicted octanol–water partition coefficient (Wildman–Crippen LogP) is 2.65. The van der Waals surface area contributed by atoms with Gasteiger partial charge in [0, 0.05) is 25.1 Å². The number of carboxylic acids is 1. The average molecular weight is 277 g/mol. The number of rotatable bonds is 8. The van der Waals surface area contributed by atoms with Crippen LogP contribution in [0, 0.1) is 0 Å². The van der Waals surface area contributed by atoms with Crippen LogP contribution in [-0.4, -0.2) is 30.8 Å². The molecule has 2 N–H and O–H groups in total. The molecule has 0 saturated heterocycles. The Morgan fingerprint density at radius 3 is 3.00 bits per heavy atom. The first kappa shape index (κ1) is 14.6. The lowest BCUT2D eigenvalue weighted by molar-refractivity contribution is 0.0665. The number of hydrogen-bond donors (Lipinski definition) is 2. The average Bonchev–Trinajstić information content (AvgIpc) is 2.86. The minimum Gasteiger partial charge on any atom is -0.475 e. The molecule has 0 aliphatic heterocycles. The lowest BCUT2D eigenvalue weighted by atomic mass is 10.1. The Morgan fingerprint density at radius 2 is 2.25 bits per heavy atom. The van der Waals surface area contributed by atoms with E-state index in [4.69, 9.17) is 14.3 Å². The maximum absolute atomic E-state index is 10.8. The highest BCUT2D eigenvalue weighted by Gasteiger charge is 2.10. The van der Waals surface area contributed by atoms with Crippen molar-refractivity contribution in [3.63, 3.8) is 0 Å². The summed E-state index contributed by atoms with van der Waals surface area (Å²) in [6.07, 6.45) is 0.977. The summed E-state index contributed by atoms with van der Waals surface area (Å²) in [5, 5.41) is 13.0. The number of furan rings is 1. The molecule has 5 nitrogen and oxygen atoms in total. The van der Waals surface area contributed by atoms with Gasteiger partial charge in [0.1, 0.15) is 5.58 Å². The topological polar surface area (TPSA) is 71.7 Å². The lowest BCUT2D eigenvalue weighted by Crippen LogP contribution is -2.16. The van der Waals surface area contributed by atoms with E-state index in [2.05, 4.69) is 5.32 Å². The molecule has 2 rings (SSSR count). The third-order valence-electron chi connectivity index (χ3n) is 2.97. The monoisotopic (exact) mass is 277 g/mol. The minimum atomic E-state index is -1.04. The molecule has 5 heteroatoms. The molecule has 0 fully saturated rings. The van der Waals surface area contributed by atoms with Gasteiger partial charge in [-0.2, -0.15) is 0 Å². The second-order valence-electron chi connectivity index (χ2n) is 4.52. The summed E-state index contributed by atoms with van der Waals surface area (Å²) in [7, 11) is 0. The molecule has 0 radical (unpaired) electrons. The third kappa shape index (κ3) is 3.82. The van der Waals surface area contributed by atoms with Crippen molar-refractivity contribution in [2.75, 3.05) is 19.8 Å². The summed E-state index contributed by atoms with van der Waals surface area (Å²) in [6.45, 7) is 5.15. The number of benzene rings is 1. The molecule has 0 aliphatic carbocycles. The van der Waals surface area contributed by atoms with Crippen molar-refractivity contribution in [1.29, 1.82) is 0 Å². The van der Waals surface area contributed by atoms with Gasteiger partial charge in [0.15, 0.2) is 0 Å². The molecule has 0 saturated carbocycles. The van der Waals surface area contributed by atoms with Crippen molar-refractivity contribution >= 4 is 16.9 Å². The second kappa shape index (κ2) is 7.07. The van der Waals surface area contributed by atoms with E-state index in [-0.39, 0.29) is 5.76 Å². The normalized spacial score (nSPS) is 11.1. The summed E-state index contributed by atoms with van der Waals surface area (Å²) in [4.78, 5) is 10.8. The number of carboxylic acid groups (broad SMARTS) is 1. The van der Waals surface area contributed by atoms with Gasteiger partial charge in [-0.1, -0.05) is 6.07 Å². The van der Waals surface area contributed by atoms with Gasteiger partial charge >= 0.3 is 5.97 Å². The van der Waals surface area contributed by atoms with Crippen molar-refractivity contribution in [3.8, 4) is 0 Å². The van der Waals surface area contributed by atoms with Crippen LogP contribution in [0.1, 0.15) is 29.5 Å². The highest BCUT2D eigenvalue weighted by molar-refractivity contribution is 5.91. The Balaban J connectivity index is 1.89. The van der Waals surface area contributed by atoms with E-state index in [1.165, 1.54) is 0 Å². The molecule has 0 amide bonds. The fourth-order valence-corrected chi connectivity index (χ4v) is 1.98. The van der Waals surface area contributed by atoms with Crippen LogP contribution in [0.5, 0.6) is 0 Å². The molecule has 2 aromatic rings. The number of aromatic carboxylic acids is 1. The van der Waals surface area contributed by atoms with Crippen LogP contribution in [0.3, 0.4) is 0 Å². The summed E-state index contributed by atoms with van der Waals surface area (Å²) in [6, 6.07) is 7.24. The standard InChI is InChI=1S/C15H19NO4/c1-2-19-7-3-6-16-10-11-4-5-13-12(8-11)9-14(20-13)15(17)18/h4-5,8-9,16H,2-3,6-7,10H2,1H3,(H,17,18). The molecule has 108 valence electrons. The van der Waals surface area contributed by atoms with Crippen LogP contribution in [0.15, 0.2) is 28.7 Å². The van der Waals surface area contributed by atoms with Gasteiger partial charge in [-0.05, 0) is 43.7 Å². The molecule has 0 unspecified atom stereocenters. The van der Waals surface area contributed by atoms with Gasteiger partial charge in [0.25, 0.3) is 0 Å². The highest BCUT2D eigenvalue weighted by Crippen LogP contribution is 2.20. The highest BCUT2D eigenvalue weighted by atomic mass is 16.5. The minimum absolute atomic E-state index is 0.0261. The molecule has 0 spiro atoms. The van der Waals surface area contributed by atoms with Crippen LogP contribution in [0.4, 0.5) is 0 Å². The summed E-state index contributed by atoms with van der Waals surface area (Å²) in [5.74, 6) is -1.07. The van der Waals surface area contributed by atoms with E-state index in [9.17, 15) is 4.79 Å². The fraction of sp³-hybridized carbons (Fsp3) is 0.400. The molecule has 0 atom stereocenters. The molecule has 1 aromatic heterocycles. The smallest absolute Gasteiger partial charge is 0.371 e. The fourth-order valence-electron chi connectivity index (χ4n) is 1.98. The molecular formula is C15H19NO4. The Labute approximate surface area is 117 Å². The Hall–Kier alpha value is -1.85. The van der Waals surface area contributed by atoms with Crippen molar-refractivity contribution in [3.05, 3.63) is 35.6 Å². The van der Waals surface area contributed by atoms with Crippen molar-refractivity contribution in [2.45, 2.75) is 19.9 Å². The zero-order valence-corrected chi connectivity index (χ0v) is 11.5. The molecular weight excluding hydrogens is 258 g/mol. The van der Waals surface area contributed by atoms with Gasteiger partial charge in [-0.25, -0.2) is 4.79 Å². The Morgan fingerprint density at radius 1 is 1.40 bits per heavy atom. The summed E-state index contributed by atoms with van der Waals surface area (Å²) < 4.78 is 10.5. The molecule has 1 heterocycles. The van der Waals surface area contributed by atoms with Gasteiger partial charge in [-0.3, -0.25) is 0 Å². The van der Waals surface area contributed by atoms with Crippen LogP contribution < -0.4 is 5.32 Å². The van der Waals surface area contributed by atoms with E-state index in [1.807, 2.05) is 19.1 Å². The maximum Gasteiger partial charge on any atom is 0.371 e. The zero-order valence-electron chi connectivity index (χ0n) is 11.5. The Bertz CT molecular complexity index is 576. The first-order chi connectivity index (χ1) is 9.70. The molecule has 20 heavy (non-hydrogen) atoms. The van der Waals surface area contributed by atoms with Crippen LogP contribution in [0.25, 0.3) is 11.0 Å². The molecule has 0 bridgehead atoms. The van der Waals surface area contributed by atoms with Gasteiger partial charge in [0.05, 0.1) is 0 Å². The first-order valence-corrected chi connectivity index (χ1v) is 6.75. The largest absolute Gasteiger partial charge is 0.475 e. The predicted molar refractivity (Wildman–Crippen MR) is 76.0 cm³/mol. The maximum atomic E-state index is 10.8. The quantitative estimate of drug-likeness (QED) is 0.726. The van der Waals surface area contributed by atoms with Crippen LogP contribution in [-0.2, 0) is 11.3 Å². The van der Waals surface area contributed by atoms with Crippen molar-refractivity contribution in [2.24, 2.45) is 0 Å². The number of carbonyl (C=O) groups is 1. The molecule has 0 aliphatic rings. The summed E-state index contributed by atoms with van der Waals surface area (Å²) in [5.41, 5.74) is 1.70. The lowest BCUT2D eigenvalue weighted by Gasteiger charge is -2.05. The van der Waals surface area contributed by atoms with E-state index >= 15 is 0 Å². The number of nitrogens with one attached hydrogen (secondary N) is 1. The van der Waals surface area contributed by atoms with Crippen molar-refractivity contribution < 1.29 is 19.1 Å². The van der Waals surface area contributed by atoms with E-state index in [0.717, 1.165) is 43.7 Å².